The molecule has 0 atom stereocenters. The first-order chi connectivity index (χ1) is 16.8. The number of nitrogens with one attached hydrogen (secondary N) is 2. The van der Waals surface area contributed by atoms with Crippen molar-refractivity contribution in [3.05, 3.63) is 64.1 Å². The van der Waals surface area contributed by atoms with Crippen LogP contribution < -0.4 is 21.1 Å². The summed E-state index contributed by atoms with van der Waals surface area (Å²) >= 11 is 0. The van der Waals surface area contributed by atoms with E-state index in [9.17, 15) is 4.79 Å². The van der Waals surface area contributed by atoms with Gasteiger partial charge in [-0.05, 0) is 76.1 Å². The van der Waals surface area contributed by atoms with E-state index in [1.807, 2.05) is 43.8 Å². The van der Waals surface area contributed by atoms with Gasteiger partial charge in [-0.1, -0.05) is 12.1 Å². The molecule has 2 N–H and O–H groups in total. The second kappa shape index (κ2) is 9.14. The van der Waals surface area contributed by atoms with Gasteiger partial charge >= 0.3 is 0 Å². The highest BCUT2D eigenvalue weighted by molar-refractivity contribution is 5.77. The number of anilines is 3. The van der Waals surface area contributed by atoms with Crippen molar-refractivity contribution in [2.75, 3.05) is 23.8 Å². The van der Waals surface area contributed by atoms with Gasteiger partial charge < -0.3 is 15.5 Å². The number of aromatic nitrogens is 5. The maximum Gasteiger partial charge on any atom is 0.278 e. The Hall–Kier alpha value is -3.72. The molecule has 5 rings (SSSR count). The molecular formula is C26H32N8O. The molecule has 0 saturated heterocycles. The number of fused-ring (bicyclic) bond motifs is 2. The number of hydrogen-bond acceptors (Lipinski definition) is 7. The molecule has 0 spiro atoms. The van der Waals surface area contributed by atoms with Crippen molar-refractivity contribution in [1.82, 2.24) is 29.6 Å². The summed E-state index contributed by atoms with van der Waals surface area (Å²) in [5, 5.41) is 7.20. The minimum atomic E-state index is -0.133. The number of pyridine rings is 1. The van der Waals surface area contributed by atoms with Gasteiger partial charge in [0.1, 0.15) is 11.2 Å². The van der Waals surface area contributed by atoms with E-state index in [0.29, 0.717) is 22.8 Å². The highest BCUT2D eigenvalue weighted by atomic mass is 16.1. The second-order valence-corrected chi connectivity index (χ2v) is 9.58. The molecule has 0 bridgehead atoms. The van der Waals surface area contributed by atoms with Gasteiger partial charge in [0.15, 0.2) is 11.5 Å². The fourth-order valence-corrected chi connectivity index (χ4v) is 4.42. The quantitative estimate of drug-likeness (QED) is 0.441. The molecule has 182 valence electrons. The van der Waals surface area contributed by atoms with Gasteiger partial charge in [-0.3, -0.25) is 4.79 Å². The summed E-state index contributed by atoms with van der Waals surface area (Å²) in [5.41, 5.74) is 3.96. The molecule has 4 aromatic rings. The first kappa shape index (κ1) is 23.0. The predicted molar refractivity (Wildman–Crippen MR) is 140 cm³/mol. The van der Waals surface area contributed by atoms with Crippen LogP contribution in [0.2, 0.25) is 0 Å². The molecule has 9 nitrogen and oxygen atoms in total. The largest absolute Gasteiger partial charge is 0.357 e. The van der Waals surface area contributed by atoms with Gasteiger partial charge in [0.05, 0.1) is 0 Å². The lowest BCUT2D eigenvalue weighted by Gasteiger charge is -2.23. The number of nitrogens with zero attached hydrogens (tertiary/aromatic N) is 6. The Morgan fingerprint density at radius 2 is 1.91 bits per heavy atom. The van der Waals surface area contributed by atoms with E-state index in [2.05, 4.69) is 52.6 Å². The fraction of sp³-hybridized carbons (Fsp3) is 0.385. The van der Waals surface area contributed by atoms with E-state index in [4.69, 9.17) is 9.97 Å². The first-order valence-electron chi connectivity index (χ1n) is 12.1. The van der Waals surface area contributed by atoms with Crippen molar-refractivity contribution in [1.29, 1.82) is 0 Å². The molecule has 1 aliphatic rings. The molecule has 4 heterocycles. The predicted octanol–water partition coefficient (Wildman–Crippen LogP) is 3.79. The Morgan fingerprint density at radius 3 is 2.69 bits per heavy atom. The van der Waals surface area contributed by atoms with Crippen LogP contribution >= 0.6 is 0 Å². The third-order valence-corrected chi connectivity index (χ3v) is 6.53. The molecule has 9 heteroatoms. The van der Waals surface area contributed by atoms with Gasteiger partial charge in [0, 0.05) is 37.6 Å². The topological polar surface area (TPSA) is 92.9 Å². The highest BCUT2D eigenvalue weighted by Crippen LogP contribution is 2.24. The van der Waals surface area contributed by atoms with E-state index < -0.39 is 0 Å². The van der Waals surface area contributed by atoms with Crippen LogP contribution in [-0.2, 0) is 13.0 Å². The van der Waals surface area contributed by atoms with Crippen molar-refractivity contribution < 1.29 is 0 Å². The summed E-state index contributed by atoms with van der Waals surface area (Å²) in [7, 11) is 2.01. The van der Waals surface area contributed by atoms with Crippen molar-refractivity contribution in [3.8, 4) is 5.82 Å². The molecule has 0 amide bonds. The average Bonchev–Trinajstić information content (AvgIpc) is 3.15. The van der Waals surface area contributed by atoms with E-state index in [1.54, 1.807) is 10.9 Å². The second-order valence-electron chi connectivity index (χ2n) is 9.58. The van der Waals surface area contributed by atoms with Crippen molar-refractivity contribution in [3.63, 3.8) is 0 Å². The van der Waals surface area contributed by atoms with Gasteiger partial charge in [-0.25, -0.2) is 19.3 Å². The standard InChI is InChI=1S/C26H32N8O/c1-16(2)32(5)22-7-6-8-23(30-22)34-24-21(25(35)33(34)17(3)4)15-28-26(31-24)29-20-10-9-18-11-12-27-14-19(18)13-20/h6-10,13,15-17,27H,11-12,14H2,1-5H3,(H,28,29,31). The maximum absolute atomic E-state index is 13.3. The van der Waals surface area contributed by atoms with Crippen LogP contribution in [0.15, 0.2) is 47.4 Å². The van der Waals surface area contributed by atoms with Crippen LogP contribution in [0.1, 0.15) is 44.9 Å². The Bertz CT molecular complexity index is 1440. The molecule has 0 fully saturated rings. The number of rotatable bonds is 6. The van der Waals surface area contributed by atoms with Crippen molar-refractivity contribution >= 4 is 28.5 Å². The smallest absolute Gasteiger partial charge is 0.278 e. The van der Waals surface area contributed by atoms with E-state index in [0.717, 1.165) is 31.0 Å². The SMILES string of the molecule is CC(C)N(C)c1cccc(-n2c3nc(Nc4ccc5c(c4)CNCC5)ncc3c(=O)n2C(C)C)n1. The number of hydrogen-bond donors (Lipinski definition) is 2. The molecular weight excluding hydrogens is 440 g/mol. The van der Waals surface area contributed by atoms with Crippen LogP contribution in [0.3, 0.4) is 0 Å². The molecule has 35 heavy (non-hydrogen) atoms. The lowest BCUT2D eigenvalue weighted by atomic mass is 10.0. The molecule has 1 aliphatic heterocycles. The summed E-state index contributed by atoms with van der Waals surface area (Å²) in [6.07, 6.45) is 2.64. The Morgan fingerprint density at radius 1 is 1.09 bits per heavy atom. The summed E-state index contributed by atoms with van der Waals surface area (Å²) < 4.78 is 3.50. The Balaban J connectivity index is 1.61. The van der Waals surface area contributed by atoms with Crippen molar-refractivity contribution in [2.24, 2.45) is 0 Å². The summed E-state index contributed by atoms with van der Waals surface area (Å²) in [6, 6.07) is 12.4. The van der Waals surface area contributed by atoms with Crippen molar-refractivity contribution in [2.45, 2.75) is 52.7 Å². The van der Waals surface area contributed by atoms with Crippen LogP contribution in [0.25, 0.3) is 16.9 Å². The molecule has 0 unspecified atom stereocenters. The number of benzene rings is 1. The third-order valence-electron chi connectivity index (χ3n) is 6.53. The molecule has 0 radical (unpaired) electrons. The molecule has 0 saturated carbocycles. The van der Waals surface area contributed by atoms with Crippen LogP contribution in [-0.4, -0.2) is 43.9 Å². The normalized spacial score (nSPS) is 13.5. The van der Waals surface area contributed by atoms with Gasteiger partial charge in [0.2, 0.25) is 5.95 Å². The molecule has 3 aromatic heterocycles. The van der Waals surface area contributed by atoms with Crippen LogP contribution in [0.4, 0.5) is 17.5 Å². The van der Waals surface area contributed by atoms with Gasteiger partial charge in [-0.15, -0.1) is 0 Å². The zero-order chi connectivity index (χ0) is 24.7. The van der Waals surface area contributed by atoms with E-state index >= 15 is 0 Å². The minimum absolute atomic E-state index is 0.0884. The zero-order valence-electron chi connectivity index (χ0n) is 20.9. The summed E-state index contributed by atoms with van der Waals surface area (Å²) in [4.78, 5) is 29.5. The lowest BCUT2D eigenvalue weighted by Crippen LogP contribution is -2.28. The van der Waals surface area contributed by atoms with Crippen LogP contribution in [0, 0.1) is 0 Å². The van der Waals surface area contributed by atoms with E-state index in [1.165, 1.54) is 11.1 Å². The van der Waals surface area contributed by atoms with Gasteiger partial charge in [-0.2, -0.15) is 4.98 Å². The summed E-state index contributed by atoms with van der Waals surface area (Å²) in [5.74, 6) is 1.91. The summed E-state index contributed by atoms with van der Waals surface area (Å²) in [6.45, 7) is 10.1. The minimum Gasteiger partial charge on any atom is -0.357 e. The van der Waals surface area contributed by atoms with E-state index in [-0.39, 0.29) is 17.6 Å². The average molecular weight is 473 g/mol. The first-order valence-corrected chi connectivity index (χ1v) is 12.1. The Kier molecular flexibility index (Phi) is 6.02. The lowest BCUT2D eigenvalue weighted by molar-refractivity contribution is 0.471. The zero-order valence-corrected chi connectivity index (χ0v) is 20.9. The Labute approximate surface area is 204 Å². The monoisotopic (exact) mass is 472 g/mol. The fourth-order valence-electron chi connectivity index (χ4n) is 4.42. The molecule has 1 aromatic carbocycles. The molecule has 0 aliphatic carbocycles. The maximum atomic E-state index is 13.3. The third kappa shape index (κ3) is 4.27. The highest BCUT2D eigenvalue weighted by Gasteiger charge is 2.21. The van der Waals surface area contributed by atoms with Crippen LogP contribution in [0.5, 0.6) is 0 Å². The van der Waals surface area contributed by atoms with Gasteiger partial charge in [0.25, 0.3) is 5.56 Å².